The van der Waals surface area contributed by atoms with Gasteiger partial charge in [-0.1, -0.05) is 0 Å². The molecule has 1 saturated heterocycles. The predicted octanol–water partition coefficient (Wildman–Crippen LogP) is 1.21. The topological polar surface area (TPSA) is 24.5 Å². The van der Waals surface area contributed by atoms with E-state index in [2.05, 4.69) is 10.1 Å². The summed E-state index contributed by atoms with van der Waals surface area (Å²) in [6.07, 6.45) is -4.51. The summed E-state index contributed by atoms with van der Waals surface area (Å²) in [5, 5.41) is 3.29. The summed E-state index contributed by atoms with van der Waals surface area (Å²) in [5.41, 5.74) is -0.0313. The number of nitrogens with zero attached hydrogens (tertiary/aromatic N) is 1. The molecule has 90 valence electrons. The monoisotopic (exact) mass is 226 g/mol. The quantitative estimate of drug-likeness (QED) is 0.782. The molecule has 0 aliphatic carbocycles. The molecule has 1 aliphatic heterocycles. The standard InChI is InChI=1S/C9H17F3N2O/c1-8(2)7-14(4-3-13-8)5-6-15-9(10,11)12/h13H,3-7H2,1-2H3. The van der Waals surface area contributed by atoms with Gasteiger partial charge in [0.05, 0.1) is 6.61 Å². The SMILES string of the molecule is CC1(C)CN(CCOC(F)(F)F)CCN1. The first-order valence-corrected chi connectivity index (χ1v) is 4.97. The van der Waals surface area contributed by atoms with Gasteiger partial charge in [0.2, 0.25) is 0 Å². The van der Waals surface area contributed by atoms with Crippen molar-refractivity contribution < 1.29 is 17.9 Å². The first kappa shape index (κ1) is 12.7. The Labute approximate surface area is 87.6 Å². The molecule has 0 radical (unpaired) electrons. The minimum absolute atomic E-state index is 0.0313. The molecule has 0 aromatic carbocycles. The Hall–Kier alpha value is -0.330. The maximum absolute atomic E-state index is 11.7. The van der Waals surface area contributed by atoms with Crippen molar-refractivity contribution in [2.75, 3.05) is 32.8 Å². The van der Waals surface area contributed by atoms with Crippen LogP contribution in [0.15, 0.2) is 0 Å². The number of halogens is 3. The number of piperazine rings is 1. The van der Waals surface area contributed by atoms with Crippen molar-refractivity contribution in [2.45, 2.75) is 25.7 Å². The van der Waals surface area contributed by atoms with E-state index in [0.29, 0.717) is 6.54 Å². The van der Waals surface area contributed by atoms with E-state index in [9.17, 15) is 13.2 Å². The van der Waals surface area contributed by atoms with Crippen molar-refractivity contribution in [1.82, 2.24) is 10.2 Å². The predicted molar refractivity (Wildman–Crippen MR) is 50.5 cm³/mol. The molecular weight excluding hydrogens is 209 g/mol. The molecule has 0 bridgehead atoms. The highest BCUT2D eigenvalue weighted by Gasteiger charge is 2.30. The van der Waals surface area contributed by atoms with Crippen molar-refractivity contribution >= 4 is 0 Å². The summed E-state index contributed by atoms with van der Waals surface area (Å²) in [5.74, 6) is 0. The number of alkyl halides is 3. The lowest BCUT2D eigenvalue weighted by molar-refractivity contribution is -0.325. The molecule has 0 aromatic heterocycles. The molecule has 1 heterocycles. The van der Waals surface area contributed by atoms with E-state index in [-0.39, 0.29) is 12.1 Å². The highest BCUT2D eigenvalue weighted by atomic mass is 19.4. The molecule has 15 heavy (non-hydrogen) atoms. The van der Waals surface area contributed by atoms with Gasteiger partial charge < -0.3 is 5.32 Å². The molecular formula is C9H17F3N2O. The normalized spacial score (nSPS) is 23.0. The molecule has 0 saturated carbocycles. The maximum atomic E-state index is 11.7. The van der Waals surface area contributed by atoms with E-state index in [1.807, 2.05) is 18.7 Å². The zero-order chi connectivity index (χ0) is 11.5. The number of rotatable bonds is 3. The molecule has 0 aromatic rings. The summed E-state index contributed by atoms with van der Waals surface area (Å²) in [7, 11) is 0. The average Bonchev–Trinajstić information content (AvgIpc) is 1.99. The lowest BCUT2D eigenvalue weighted by Gasteiger charge is -2.39. The van der Waals surface area contributed by atoms with Gasteiger partial charge in [0, 0.05) is 31.7 Å². The van der Waals surface area contributed by atoms with Gasteiger partial charge in [0.15, 0.2) is 0 Å². The number of nitrogens with one attached hydrogen (secondary N) is 1. The van der Waals surface area contributed by atoms with Crippen LogP contribution in [0.1, 0.15) is 13.8 Å². The summed E-state index contributed by atoms with van der Waals surface area (Å²) >= 11 is 0. The Balaban J connectivity index is 2.22. The smallest absolute Gasteiger partial charge is 0.309 e. The van der Waals surface area contributed by atoms with E-state index < -0.39 is 6.36 Å². The molecule has 0 atom stereocenters. The van der Waals surface area contributed by atoms with Crippen LogP contribution in [-0.4, -0.2) is 49.6 Å². The second-order valence-corrected chi connectivity index (χ2v) is 4.38. The lowest BCUT2D eigenvalue weighted by atomic mass is 10.0. The molecule has 1 fully saturated rings. The van der Waals surface area contributed by atoms with Crippen LogP contribution >= 0.6 is 0 Å². The summed E-state index contributed by atoms with van der Waals surface area (Å²) in [6, 6.07) is 0. The summed E-state index contributed by atoms with van der Waals surface area (Å²) in [4.78, 5) is 1.97. The van der Waals surface area contributed by atoms with Crippen LogP contribution in [0.3, 0.4) is 0 Å². The lowest BCUT2D eigenvalue weighted by Crippen LogP contribution is -2.57. The highest BCUT2D eigenvalue weighted by molar-refractivity contribution is 4.86. The zero-order valence-corrected chi connectivity index (χ0v) is 9.02. The van der Waals surface area contributed by atoms with Gasteiger partial charge in [-0.15, -0.1) is 13.2 Å². The van der Waals surface area contributed by atoms with Gasteiger partial charge in [-0.25, -0.2) is 0 Å². The van der Waals surface area contributed by atoms with E-state index in [1.165, 1.54) is 0 Å². The van der Waals surface area contributed by atoms with E-state index in [0.717, 1.165) is 19.6 Å². The molecule has 0 amide bonds. The highest BCUT2D eigenvalue weighted by Crippen LogP contribution is 2.16. The molecule has 3 nitrogen and oxygen atoms in total. The van der Waals surface area contributed by atoms with E-state index in [4.69, 9.17) is 0 Å². The van der Waals surface area contributed by atoms with E-state index in [1.54, 1.807) is 0 Å². The van der Waals surface area contributed by atoms with Gasteiger partial charge in [-0.3, -0.25) is 9.64 Å². The molecule has 1 N–H and O–H groups in total. The molecule has 1 aliphatic rings. The third-order valence-corrected chi connectivity index (χ3v) is 2.32. The van der Waals surface area contributed by atoms with Crippen molar-refractivity contribution in [1.29, 1.82) is 0 Å². The number of hydrogen-bond acceptors (Lipinski definition) is 3. The van der Waals surface area contributed by atoms with Crippen LogP contribution in [0.4, 0.5) is 13.2 Å². The molecule has 6 heteroatoms. The van der Waals surface area contributed by atoms with Crippen molar-refractivity contribution in [3.8, 4) is 0 Å². The molecule has 0 spiro atoms. The second-order valence-electron chi connectivity index (χ2n) is 4.38. The van der Waals surface area contributed by atoms with Gasteiger partial charge in [-0.05, 0) is 13.8 Å². The Kier molecular flexibility index (Phi) is 3.97. The Morgan fingerprint density at radius 3 is 2.60 bits per heavy atom. The number of ether oxygens (including phenoxy) is 1. The maximum Gasteiger partial charge on any atom is 0.522 e. The number of hydrogen-bond donors (Lipinski definition) is 1. The third kappa shape index (κ3) is 5.34. The summed E-state index contributed by atoms with van der Waals surface area (Å²) in [6.45, 7) is 6.41. The van der Waals surface area contributed by atoms with Crippen molar-refractivity contribution in [3.63, 3.8) is 0 Å². The van der Waals surface area contributed by atoms with Crippen LogP contribution in [0.2, 0.25) is 0 Å². The average molecular weight is 226 g/mol. The Morgan fingerprint density at radius 1 is 1.40 bits per heavy atom. The Morgan fingerprint density at radius 2 is 2.07 bits per heavy atom. The fourth-order valence-electron chi connectivity index (χ4n) is 1.73. The van der Waals surface area contributed by atoms with Crippen molar-refractivity contribution in [3.05, 3.63) is 0 Å². The Bertz CT molecular complexity index is 206. The fourth-order valence-corrected chi connectivity index (χ4v) is 1.73. The minimum atomic E-state index is -4.51. The van der Waals surface area contributed by atoms with Crippen LogP contribution in [-0.2, 0) is 4.74 Å². The van der Waals surface area contributed by atoms with Crippen LogP contribution in [0.25, 0.3) is 0 Å². The minimum Gasteiger partial charge on any atom is -0.309 e. The zero-order valence-electron chi connectivity index (χ0n) is 9.02. The van der Waals surface area contributed by atoms with Crippen LogP contribution in [0, 0.1) is 0 Å². The van der Waals surface area contributed by atoms with Gasteiger partial charge in [0.25, 0.3) is 0 Å². The molecule has 1 rings (SSSR count). The summed E-state index contributed by atoms with van der Waals surface area (Å²) < 4.78 is 38.9. The van der Waals surface area contributed by atoms with E-state index >= 15 is 0 Å². The molecule has 0 unspecified atom stereocenters. The van der Waals surface area contributed by atoms with Crippen LogP contribution < -0.4 is 5.32 Å². The third-order valence-electron chi connectivity index (χ3n) is 2.32. The van der Waals surface area contributed by atoms with Crippen LogP contribution in [0.5, 0.6) is 0 Å². The largest absolute Gasteiger partial charge is 0.522 e. The van der Waals surface area contributed by atoms with Gasteiger partial charge >= 0.3 is 6.36 Å². The fraction of sp³-hybridized carbons (Fsp3) is 1.00. The van der Waals surface area contributed by atoms with Crippen molar-refractivity contribution in [2.24, 2.45) is 0 Å². The second kappa shape index (κ2) is 4.67. The van der Waals surface area contributed by atoms with Gasteiger partial charge in [0.1, 0.15) is 0 Å². The van der Waals surface area contributed by atoms with Gasteiger partial charge in [-0.2, -0.15) is 0 Å². The first-order valence-electron chi connectivity index (χ1n) is 4.97. The first-order chi connectivity index (χ1) is 6.79.